The average Bonchev–Trinajstić information content (AvgIpc) is 2.05. The molecular weight excluding hydrogens is 164 g/mol. The van der Waals surface area contributed by atoms with Gasteiger partial charge >= 0.3 is 5.37 Å². The molecule has 0 fully saturated rings. The predicted octanol–water partition coefficient (Wildman–Crippen LogP) is 1.88. The molecule has 1 aromatic rings. The van der Waals surface area contributed by atoms with E-state index in [-0.39, 0.29) is 0 Å². The molecule has 1 heterocycles. The van der Waals surface area contributed by atoms with E-state index in [0.29, 0.717) is 5.69 Å². The normalized spacial score (nSPS) is 9.27. The summed E-state index contributed by atoms with van der Waals surface area (Å²) in [5.74, 6) is 0. The smallest absolute Gasteiger partial charge is 0.300 e. The van der Waals surface area contributed by atoms with Crippen molar-refractivity contribution in [2.24, 2.45) is 0 Å². The molecule has 0 radical (unpaired) electrons. The summed E-state index contributed by atoms with van der Waals surface area (Å²) in [4.78, 5) is 15.8. The monoisotopic (exact) mass is 170 g/mol. The van der Waals surface area contributed by atoms with E-state index >= 15 is 0 Å². The van der Waals surface area contributed by atoms with Crippen LogP contribution in [0.2, 0.25) is 0 Å². The van der Waals surface area contributed by atoms with Crippen molar-refractivity contribution in [2.45, 2.75) is 0 Å². The number of halogens is 1. The lowest BCUT2D eigenvalue weighted by molar-refractivity contribution is 0.265. The Morgan fingerprint density at radius 1 is 1.73 bits per heavy atom. The van der Waals surface area contributed by atoms with Crippen molar-refractivity contribution < 1.29 is 4.79 Å². The average molecular weight is 171 g/mol. The standard InChI is InChI=1S/C7H7ClN2O/c1-10(7(8)11)6-3-2-4-9-5-6/h2-5H,1H3. The number of hydrogen-bond acceptors (Lipinski definition) is 2. The molecule has 11 heavy (non-hydrogen) atoms. The fraction of sp³-hybridized carbons (Fsp3) is 0.143. The van der Waals surface area contributed by atoms with Crippen LogP contribution in [0.25, 0.3) is 0 Å². The summed E-state index contributed by atoms with van der Waals surface area (Å²) in [7, 11) is 1.59. The Hall–Kier alpha value is -1.09. The SMILES string of the molecule is CN(C(=O)Cl)c1cccnc1. The van der Waals surface area contributed by atoms with E-state index in [1.807, 2.05) is 0 Å². The molecule has 0 aliphatic carbocycles. The van der Waals surface area contributed by atoms with E-state index in [2.05, 4.69) is 4.98 Å². The summed E-state index contributed by atoms with van der Waals surface area (Å²) in [5.41, 5.74) is 0.688. The Morgan fingerprint density at radius 3 is 2.91 bits per heavy atom. The van der Waals surface area contributed by atoms with Gasteiger partial charge in [0.25, 0.3) is 0 Å². The summed E-state index contributed by atoms with van der Waals surface area (Å²) in [6.07, 6.45) is 3.20. The van der Waals surface area contributed by atoms with E-state index < -0.39 is 5.37 Å². The Balaban J connectivity index is 2.85. The first-order valence-electron chi connectivity index (χ1n) is 3.05. The van der Waals surface area contributed by atoms with Crippen LogP contribution < -0.4 is 4.90 Å². The van der Waals surface area contributed by atoms with E-state index in [4.69, 9.17) is 11.6 Å². The highest BCUT2D eigenvalue weighted by Gasteiger charge is 2.05. The second-order valence-electron chi connectivity index (χ2n) is 2.02. The minimum Gasteiger partial charge on any atom is -0.300 e. The van der Waals surface area contributed by atoms with E-state index in [1.54, 1.807) is 31.6 Å². The van der Waals surface area contributed by atoms with Crippen LogP contribution >= 0.6 is 11.6 Å². The van der Waals surface area contributed by atoms with Crippen molar-refractivity contribution in [3.05, 3.63) is 24.5 Å². The Labute approximate surface area is 69.6 Å². The van der Waals surface area contributed by atoms with E-state index in [0.717, 1.165) is 0 Å². The highest BCUT2D eigenvalue weighted by Crippen LogP contribution is 2.10. The molecule has 0 bridgehead atoms. The molecule has 1 rings (SSSR count). The van der Waals surface area contributed by atoms with Crippen LogP contribution in [-0.2, 0) is 0 Å². The predicted molar refractivity (Wildman–Crippen MR) is 43.9 cm³/mol. The summed E-state index contributed by atoms with van der Waals surface area (Å²) < 4.78 is 0. The van der Waals surface area contributed by atoms with Crippen molar-refractivity contribution >= 4 is 22.7 Å². The zero-order chi connectivity index (χ0) is 8.27. The summed E-state index contributed by atoms with van der Waals surface area (Å²) in [6.45, 7) is 0. The fourth-order valence-electron chi connectivity index (χ4n) is 0.654. The molecule has 4 heteroatoms. The van der Waals surface area contributed by atoms with Crippen LogP contribution in [-0.4, -0.2) is 17.4 Å². The Morgan fingerprint density at radius 2 is 2.45 bits per heavy atom. The summed E-state index contributed by atoms with van der Waals surface area (Å²) >= 11 is 5.22. The highest BCUT2D eigenvalue weighted by molar-refractivity contribution is 6.66. The van der Waals surface area contributed by atoms with Gasteiger partial charge in [-0.25, -0.2) is 0 Å². The molecule has 0 aliphatic heterocycles. The van der Waals surface area contributed by atoms with Crippen LogP contribution in [0.5, 0.6) is 0 Å². The van der Waals surface area contributed by atoms with Crippen LogP contribution in [0.15, 0.2) is 24.5 Å². The molecule has 0 spiro atoms. The zero-order valence-corrected chi connectivity index (χ0v) is 6.75. The number of hydrogen-bond donors (Lipinski definition) is 0. The molecule has 1 amide bonds. The number of aromatic nitrogens is 1. The van der Waals surface area contributed by atoms with Crippen molar-refractivity contribution in [3.8, 4) is 0 Å². The van der Waals surface area contributed by atoms with Gasteiger partial charge in [-0.05, 0) is 23.7 Å². The Bertz CT molecular complexity index is 250. The van der Waals surface area contributed by atoms with Gasteiger partial charge in [0, 0.05) is 13.2 Å². The second kappa shape index (κ2) is 3.34. The number of rotatable bonds is 1. The molecule has 0 N–H and O–H groups in total. The van der Waals surface area contributed by atoms with E-state index in [9.17, 15) is 4.79 Å². The van der Waals surface area contributed by atoms with Gasteiger partial charge < -0.3 is 4.90 Å². The van der Waals surface area contributed by atoms with Crippen LogP contribution in [0.1, 0.15) is 0 Å². The summed E-state index contributed by atoms with van der Waals surface area (Å²) in [6, 6.07) is 3.50. The third-order valence-electron chi connectivity index (χ3n) is 1.30. The number of carbonyl (C=O) groups excluding carboxylic acids is 1. The first-order chi connectivity index (χ1) is 5.22. The van der Waals surface area contributed by atoms with Crippen LogP contribution in [0.3, 0.4) is 0 Å². The topological polar surface area (TPSA) is 33.2 Å². The van der Waals surface area contributed by atoms with Gasteiger partial charge in [-0.2, -0.15) is 0 Å². The minimum atomic E-state index is -0.516. The maximum Gasteiger partial charge on any atom is 0.320 e. The van der Waals surface area contributed by atoms with E-state index in [1.165, 1.54) is 4.90 Å². The van der Waals surface area contributed by atoms with Gasteiger partial charge in [-0.3, -0.25) is 9.78 Å². The first kappa shape index (κ1) is 8.01. The van der Waals surface area contributed by atoms with Crippen molar-refractivity contribution in [1.82, 2.24) is 4.98 Å². The second-order valence-corrected chi connectivity index (χ2v) is 2.35. The van der Waals surface area contributed by atoms with Gasteiger partial charge in [-0.15, -0.1) is 0 Å². The molecule has 0 aliphatic rings. The summed E-state index contributed by atoms with van der Waals surface area (Å²) in [5, 5.41) is -0.516. The van der Waals surface area contributed by atoms with Gasteiger partial charge in [0.1, 0.15) is 0 Å². The molecular formula is C7H7ClN2O. The fourth-order valence-corrected chi connectivity index (χ4v) is 0.751. The Kier molecular flexibility index (Phi) is 2.44. The molecule has 0 unspecified atom stereocenters. The van der Waals surface area contributed by atoms with Crippen molar-refractivity contribution in [3.63, 3.8) is 0 Å². The number of carbonyl (C=O) groups is 1. The lowest BCUT2D eigenvalue weighted by Gasteiger charge is -2.11. The van der Waals surface area contributed by atoms with Gasteiger partial charge in [0.05, 0.1) is 11.9 Å². The largest absolute Gasteiger partial charge is 0.320 e. The first-order valence-corrected chi connectivity index (χ1v) is 3.43. The molecule has 0 aromatic carbocycles. The number of pyridine rings is 1. The minimum absolute atomic E-state index is 0.516. The van der Waals surface area contributed by atoms with Crippen LogP contribution in [0.4, 0.5) is 10.5 Å². The molecule has 1 aromatic heterocycles. The maximum absolute atomic E-state index is 10.6. The quantitative estimate of drug-likeness (QED) is 0.476. The molecule has 3 nitrogen and oxygen atoms in total. The van der Waals surface area contributed by atoms with Crippen LogP contribution in [0, 0.1) is 0 Å². The highest BCUT2D eigenvalue weighted by atomic mass is 35.5. The van der Waals surface area contributed by atoms with Gasteiger partial charge in [-0.1, -0.05) is 0 Å². The van der Waals surface area contributed by atoms with Gasteiger partial charge in [0.2, 0.25) is 0 Å². The van der Waals surface area contributed by atoms with Crippen molar-refractivity contribution in [2.75, 3.05) is 11.9 Å². The zero-order valence-electron chi connectivity index (χ0n) is 5.99. The molecule has 58 valence electrons. The number of amides is 1. The third kappa shape index (κ3) is 1.91. The van der Waals surface area contributed by atoms with Gasteiger partial charge in [0.15, 0.2) is 0 Å². The lowest BCUT2D eigenvalue weighted by Crippen LogP contribution is -2.19. The molecule has 0 saturated carbocycles. The number of nitrogens with zero attached hydrogens (tertiary/aromatic N) is 2. The molecule has 0 saturated heterocycles. The number of anilines is 1. The maximum atomic E-state index is 10.6. The molecule has 0 atom stereocenters. The third-order valence-corrected chi connectivity index (χ3v) is 1.55. The lowest BCUT2D eigenvalue weighted by atomic mass is 10.4. The van der Waals surface area contributed by atoms with Crippen molar-refractivity contribution in [1.29, 1.82) is 0 Å².